The van der Waals surface area contributed by atoms with E-state index >= 15 is 0 Å². The van der Waals surface area contributed by atoms with Crippen molar-refractivity contribution in [2.75, 3.05) is 12.4 Å². The zero-order chi connectivity index (χ0) is 16.9. The van der Waals surface area contributed by atoms with Crippen LogP contribution in [0.15, 0.2) is 60.9 Å². The van der Waals surface area contributed by atoms with Gasteiger partial charge in [0.25, 0.3) is 0 Å². The van der Waals surface area contributed by atoms with E-state index in [0.717, 1.165) is 34.0 Å². The van der Waals surface area contributed by atoms with Crippen molar-refractivity contribution in [3.8, 4) is 28.3 Å². The van der Waals surface area contributed by atoms with E-state index < -0.39 is 0 Å². The third-order valence-electron chi connectivity index (χ3n) is 3.50. The SMILES string of the molecule is COc1ccccc1-c1cncc(-c2cccc(NC(C)=O)c2)n1. The summed E-state index contributed by atoms with van der Waals surface area (Å²) in [7, 11) is 1.63. The second kappa shape index (κ2) is 6.91. The van der Waals surface area contributed by atoms with Crippen molar-refractivity contribution in [1.82, 2.24) is 9.97 Å². The maximum absolute atomic E-state index is 11.2. The molecule has 1 amide bonds. The first-order valence-corrected chi connectivity index (χ1v) is 7.51. The van der Waals surface area contributed by atoms with Gasteiger partial charge in [-0.25, -0.2) is 4.98 Å². The summed E-state index contributed by atoms with van der Waals surface area (Å²) in [6.07, 6.45) is 3.41. The number of rotatable bonds is 4. The van der Waals surface area contributed by atoms with Crippen LogP contribution in [0.5, 0.6) is 5.75 Å². The van der Waals surface area contributed by atoms with E-state index in [1.165, 1.54) is 6.92 Å². The van der Waals surface area contributed by atoms with E-state index in [1.54, 1.807) is 19.5 Å². The molecule has 0 aliphatic heterocycles. The Morgan fingerprint density at radius 1 is 1.04 bits per heavy atom. The molecule has 0 aliphatic rings. The summed E-state index contributed by atoms with van der Waals surface area (Å²) in [6.45, 7) is 1.48. The fourth-order valence-corrected chi connectivity index (χ4v) is 2.45. The van der Waals surface area contributed by atoms with Crippen LogP contribution in [0.3, 0.4) is 0 Å². The molecule has 0 saturated heterocycles. The lowest BCUT2D eigenvalue weighted by atomic mass is 10.1. The molecule has 120 valence electrons. The maximum Gasteiger partial charge on any atom is 0.221 e. The van der Waals surface area contributed by atoms with Crippen molar-refractivity contribution in [1.29, 1.82) is 0 Å². The molecule has 0 spiro atoms. The molecule has 1 heterocycles. The van der Waals surface area contributed by atoms with Crippen molar-refractivity contribution in [3.05, 3.63) is 60.9 Å². The van der Waals surface area contributed by atoms with Crippen molar-refractivity contribution >= 4 is 11.6 Å². The molecule has 1 aromatic heterocycles. The Balaban J connectivity index is 2.01. The zero-order valence-electron chi connectivity index (χ0n) is 13.5. The molecule has 24 heavy (non-hydrogen) atoms. The highest BCUT2D eigenvalue weighted by Gasteiger charge is 2.09. The lowest BCUT2D eigenvalue weighted by Crippen LogP contribution is -2.05. The van der Waals surface area contributed by atoms with Crippen LogP contribution in [0, 0.1) is 0 Å². The van der Waals surface area contributed by atoms with Gasteiger partial charge in [0.05, 0.1) is 30.9 Å². The Morgan fingerprint density at radius 3 is 2.62 bits per heavy atom. The normalized spacial score (nSPS) is 10.2. The first-order valence-electron chi connectivity index (χ1n) is 7.51. The van der Waals surface area contributed by atoms with Crippen LogP contribution in [-0.2, 0) is 4.79 Å². The number of ether oxygens (including phenoxy) is 1. The van der Waals surface area contributed by atoms with Gasteiger partial charge in [-0.15, -0.1) is 0 Å². The van der Waals surface area contributed by atoms with Crippen LogP contribution in [0.2, 0.25) is 0 Å². The largest absolute Gasteiger partial charge is 0.496 e. The number of nitrogens with zero attached hydrogens (tertiary/aromatic N) is 2. The molecule has 0 fully saturated rings. The lowest BCUT2D eigenvalue weighted by molar-refractivity contribution is -0.114. The molecule has 5 nitrogen and oxygen atoms in total. The first kappa shape index (κ1) is 15.7. The van der Waals surface area contributed by atoms with E-state index in [-0.39, 0.29) is 5.91 Å². The number of carbonyl (C=O) groups excluding carboxylic acids is 1. The number of benzene rings is 2. The lowest BCUT2D eigenvalue weighted by Gasteiger charge is -2.09. The molecule has 0 aliphatic carbocycles. The number of carbonyl (C=O) groups is 1. The smallest absolute Gasteiger partial charge is 0.221 e. The molecule has 0 radical (unpaired) electrons. The number of para-hydroxylation sites is 1. The quantitative estimate of drug-likeness (QED) is 0.795. The van der Waals surface area contributed by atoms with E-state index in [1.807, 2.05) is 48.5 Å². The van der Waals surface area contributed by atoms with Crippen molar-refractivity contribution in [2.45, 2.75) is 6.92 Å². The number of aromatic nitrogens is 2. The Kier molecular flexibility index (Phi) is 4.52. The average molecular weight is 319 g/mol. The topological polar surface area (TPSA) is 64.1 Å². The van der Waals surface area contributed by atoms with Crippen LogP contribution in [0.4, 0.5) is 5.69 Å². The molecule has 3 rings (SSSR count). The molecule has 2 aromatic carbocycles. The maximum atomic E-state index is 11.2. The van der Waals surface area contributed by atoms with E-state index in [9.17, 15) is 4.79 Å². The van der Waals surface area contributed by atoms with Gasteiger partial charge in [-0.1, -0.05) is 24.3 Å². The molecule has 0 unspecified atom stereocenters. The number of hydrogen-bond acceptors (Lipinski definition) is 4. The van der Waals surface area contributed by atoms with Crippen molar-refractivity contribution in [2.24, 2.45) is 0 Å². The Labute approximate surface area is 140 Å². The zero-order valence-corrected chi connectivity index (χ0v) is 13.5. The summed E-state index contributed by atoms with van der Waals surface area (Å²) in [5, 5.41) is 2.77. The van der Waals surface area contributed by atoms with Gasteiger partial charge in [-0.05, 0) is 24.3 Å². The molecular weight excluding hydrogens is 302 g/mol. The Bertz CT molecular complexity index is 878. The summed E-state index contributed by atoms with van der Waals surface area (Å²) < 4.78 is 5.39. The first-order chi connectivity index (χ1) is 11.7. The van der Waals surface area contributed by atoms with E-state index in [4.69, 9.17) is 4.74 Å². The average Bonchev–Trinajstić information content (AvgIpc) is 2.61. The number of hydrogen-bond donors (Lipinski definition) is 1. The van der Waals surface area contributed by atoms with Crippen molar-refractivity contribution < 1.29 is 9.53 Å². The van der Waals surface area contributed by atoms with Gasteiger partial charge in [0, 0.05) is 23.7 Å². The second-order valence-electron chi connectivity index (χ2n) is 5.25. The van der Waals surface area contributed by atoms with Gasteiger partial charge in [0.2, 0.25) is 5.91 Å². The number of amides is 1. The fraction of sp³-hybridized carbons (Fsp3) is 0.105. The predicted molar refractivity (Wildman–Crippen MR) is 93.8 cm³/mol. The van der Waals surface area contributed by atoms with Gasteiger partial charge < -0.3 is 10.1 Å². The van der Waals surface area contributed by atoms with Gasteiger partial charge in [-0.3, -0.25) is 9.78 Å². The van der Waals surface area contributed by atoms with E-state index in [2.05, 4.69) is 15.3 Å². The van der Waals surface area contributed by atoms with Gasteiger partial charge in [-0.2, -0.15) is 0 Å². The molecule has 0 saturated carbocycles. The molecule has 0 atom stereocenters. The summed E-state index contributed by atoms with van der Waals surface area (Å²) in [4.78, 5) is 20.2. The van der Waals surface area contributed by atoms with Crippen LogP contribution in [0.1, 0.15) is 6.92 Å². The van der Waals surface area contributed by atoms with Crippen LogP contribution in [0.25, 0.3) is 22.5 Å². The summed E-state index contributed by atoms with van der Waals surface area (Å²) in [5.41, 5.74) is 3.95. The number of methoxy groups -OCH3 is 1. The standard InChI is InChI=1S/C19H17N3O2/c1-13(23)21-15-7-5-6-14(10-15)17-11-20-12-18(22-17)16-8-3-4-9-19(16)24-2/h3-12H,1-2H3,(H,21,23). The van der Waals surface area contributed by atoms with Crippen LogP contribution >= 0.6 is 0 Å². The van der Waals surface area contributed by atoms with Crippen LogP contribution in [-0.4, -0.2) is 23.0 Å². The number of anilines is 1. The number of nitrogens with one attached hydrogen (secondary N) is 1. The minimum absolute atomic E-state index is 0.110. The Morgan fingerprint density at radius 2 is 1.83 bits per heavy atom. The van der Waals surface area contributed by atoms with Gasteiger partial charge in [0.15, 0.2) is 0 Å². The molecule has 3 aromatic rings. The third kappa shape index (κ3) is 3.41. The second-order valence-corrected chi connectivity index (χ2v) is 5.25. The highest BCUT2D eigenvalue weighted by Crippen LogP contribution is 2.29. The summed E-state index contributed by atoms with van der Waals surface area (Å²) in [5.74, 6) is 0.636. The minimum Gasteiger partial charge on any atom is -0.496 e. The van der Waals surface area contributed by atoms with Crippen molar-refractivity contribution in [3.63, 3.8) is 0 Å². The summed E-state index contributed by atoms with van der Waals surface area (Å²) in [6, 6.07) is 15.2. The highest BCUT2D eigenvalue weighted by molar-refractivity contribution is 5.89. The fourth-order valence-electron chi connectivity index (χ4n) is 2.45. The third-order valence-corrected chi connectivity index (χ3v) is 3.50. The predicted octanol–water partition coefficient (Wildman–Crippen LogP) is 3.78. The van der Waals surface area contributed by atoms with E-state index in [0.29, 0.717) is 0 Å². The monoisotopic (exact) mass is 319 g/mol. The van der Waals surface area contributed by atoms with Gasteiger partial charge in [0.1, 0.15) is 5.75 Å². The highest BCUT2D eigenvalue weighted by atomic mass is 16.5. The molecule has 0 bridgehead atoms. The minimum atomic E-state index is -0.110. The van der Waals surface area contributed by atoms with Gasteiger partial charge >= 0.3 is 0 Å². The molecular formula is C19H17N3O2. The Hall–Kier alpha value is -3.21. The molecule has 5 heteroatoms. The molecule has 1 N–H and O–H groups in total. The van der Waals surface area contributed by atoms with Crippen LogP contribution < -0.4 is 10.1 Å². The summed E-state index contributed by atoms with van der Waals surface area (Å²) >= 11 is 0.